The van der Waals surface area contributed by atoms with Gasteiger partial charge >= 0.3 is 5.97 Å². The Hall–Kier alpha value is -1.53. The molecular formula is C12H15NO4S. The summed E-state index contributed by atoms with van der Waals surface area (Å²) in [5.41, 5.74) is 0.412. The van der Waals surface area contributed by atoms with Crippen molar-refractivity contribution in [3.05, 3.63) is 29.8 Å². The molecule has 0 saturated heterocycles. The van der Waals surface area contributed by atoms with Crippen molar-refractivity contribution in [1.29, 1.82) is 0 Å². The fraction of sp³-hybridized carbons (Fsp3) is 0.333. The first-order chi connectivity index (χ1) is 8.65. The number of aromatic carboxylic acids is 1. The van der Waals surface area contributed by atoms with E-state index in [9.17, 15) is 9.59 Å². The van der Waals surface area contributed by atoms with E-state index in [2.05, 4.69) is 5.32 Å². The Balaban J connectivity index is 2.51. The van der Waals surface area contributed by atoms with Gasteiger partial charge in [0.25, 0.3) is 0 Å². The highest BCUT2D eigenvalue weighted by atomic mass is 32.2. The zero-order valence-electron chi connectivity index (χ0n) is 10.0. The smallest absolute Gasteiger partial charge is 0.337 e. The van der Waals surface area contributed by atoms with Crippen molar-refractivity contribution in [1.82, 2.24) is 0 Å². The van der Waals surface area contributed by atoms with Crippen LogP contribution in [0.5, 0.6) is 0 Å². The van der Waals surface area contributed by atoms with Crippen molar-refractivity contribution in [2.75, 3.05) is 30.5 Å². The molecule has 0 spiro atoms. The number of ether oxygens (including phenoxy) is 1. The Morgan fingerprint density at radius 1 is 1.39 bits per heavy atom. The van der Waals surface area contributed by atoms with Crippen LogP contribution < -0.4 is 5.32 Å². The van der Waals surface area contributed by atoms with Crippen LogP contribution in [-0.4, -0.2) is 42.2 Å². The van der Waals surface area contributed by atoms with E-state index in [0.29, 0.717) is 12.3 Å². The number of hydrogen-bond donors (Lipinski definition) is 2. The van der Waals surface area contributed by atoms with Gasteiger partial charge in [0.05, 0.1) is 23.6 Å². The summed E-state index contributed by atoms with van der Waals surface area (Å²) in [6, 6.07) is 6.32. The molecule has 98 valence electrons. The van der Waals surface area contributed by atoms with E-state index in [1.165, 1.54) is 17.8 Å². The van der Waals surface area contributed by atoms with Gasteiger partial charge in [-0.25, -0.2) is 4.79 Å². The summed E-state index contributed by atoms with van der Waals surface area (Å²) in [6.45, 7) is 0.587. The van der Waals surface area contributed by atoms with Gasteiger partial charge in [0.15, 0.2) is 0 Å². The van der Waals surface area contributed by atoms with E-state index in [-0.39, 0.29) is 17.2 Å². The van der Waals surface area contributed by atoms with Crippen LogP contribution in [0.25, 0.3) is 0 Å². The lowest BCUT2D eigenvalue weighted by Gasteiger charge is -2.07. The Morgan fingerprint density at radius 3 is 2.78 bits per heavy atom. The number of benzene rings is 1. The lowest BCUT2D eigenvalue weighted by Crippen LogP contribution is -2.17. The molecule has 0 atom stereocenters. The van der Waals surface area contributed by atoms with Gasteiger partial charge in [-0.3, -0.25) is 4.79 Å². The van der Waals surface area contributed by atoms with E-state index in [1.807, 2.05) is 0 Å². The molecule has 0 aliphatic rings. The van der Waals surface area contributed by atoms with Crippen molar-refractivity contribution in [3.8, 4) is 0 Å². The maximum Gasteiger partial charge on any atom is 0.337 e. The number of carbonyl (C=O) groups is 2. The molecule has 2 N–H and O–H groups in total. The van der Waals surface area contributed by atoms with E-state index < -0.39 is 5.97 Å². The second-order valence-electron chi connectivity index (χ2n) is 3.44. The van der Waals surface area contributed by atoms with Crippen LogP contribution in [0.15, 0.2) is 24.3 Å². The molecule has 0 heterocycles. The van der Waals surface area contributed by atoms with Crippen LogP contribution in [-0.2, 0) is 9.53 Å². The summed E-state index contributed by atoms with van der Waals surface area (Å²) in [6.07, 6.45) is 0. The molecule has 0 aliphatic carbocycles. The van der Waals surface area contributed by atoms with Gasteiger partial charge in [-0.05, 0) is 12.1 Å². The van der Waals surface area contributed by atoms with Crippen molar-refractivity contribution in [2.24, 2.45) is 0 Å². The molecule has 5 nitrogen and oxygen atoms in total. The van der Waals surface area contributed by atoms with Crippen LogP contribution in [0.1, 0.15) is 10.4 Å². The lowest BCUT2D eigenvalue weighted by atomic mass is 10.2. The summed E-state index contributed by atoms with van der Waals surface area (Å²) in [7, 11) is 1.60. The number of para-hydroxylation sites is 1. The Kier molecular flexibility index (Phi) is 6.24. The number of thioether (sulfide) groups is 1. The number of hydrogen-bond acceptors (Lipinski definition) is 4. The first kappa shape index (κ1) is 14.5. The molecule has 0 saturated carbocycles. The van der Waals surface area contributed by atoms with Gasteiger partial charge in [-0.2, -0.15) is 0 Å². The van der Waals surface area contributed by atoms with Crippen LogP contribution in [0, 0.1) is 0 Å². The van der Waals surface area contributed by atoms with Gasteiger partial charge < -0.3 is 15.2 Å². The van der Waals surface area contributed by atoms with E-state index in [0.717, 1.165) is 5.75 Å². The number of nitrogens with one attached hydrogen (secondary N) is 1. The maximum atomic E-state index is 11.6. The van der Waals surface area contributed by atoms with Gasteiger partial charge in [0.2, 0.25) is 5.91 Å². The molecule has 0 radical (unpaired) electrons. The fourth-order valence-electron chi connectivity index (χ4n) is 1.27. The number of amides is 1. The van der Waals surface area contributed by atoms with Crippen LogP contribution in [0.3, 0.4) is 0 Å². The molecule has 0 bridgehead atoms. The highest BCUT2D eigenvalue weighted by Crippen LogP contribution is 2.15. The average Bonchev–Trinajstić information content (AvgIpc) is 2.35. The normalized spacial score (nSPS) is 10.1. The Labute approximate surface area is 110 Å². The average molecular weight is 269 g/mol. The summed E-state index contributed by atoms with van der Waals surface area (Å²) in [5, 5.41) is 11.5. The second-order valence-corrected chi connectivity index (χ2v) is 4.55. The fourth-order valence-corrected chi connectivity index (χ4v) is 1.96. The van der Waals surface area contributed by atoms with Crippen molar-refractivity contribution >= 4 is 29.3 Å². The molecule has 1 aromatic carbocycles. The van der Waals surface area contributed by atoms with Crippen molar-refractivity contribution in [3.63, 3.8) is 0 Å². The quantitative estimate of drug-likeness (QED) is 0.737. The standard InChI is InChI=1S/C12H15NO4S/c1-17-6-7-18-8-11(14)13-10-5-3-2-4-9(10)12(15)16/h2-5H,6-8H2,1H3,(H,13,14)(H,15,16). The van der Waals surface area contributed by atoms with Crippen LogP contribution >= 0.6 is 11.8 Å². The van der Waals surface area contributed by atoms with Gasteiger partial charge in [-0.1, -0.05) is 12.1 Å². The molecule has 1 rings (SSSR count). The zero-order chi connectivity index (χ0) is 13.4. The number of methoxy groups -OCH3 is 1. The Morgan fingerprint density at radius 2 is 2.11 bits per heavy atom. The topological polar surface area (TPSA) is 75.6 Å². The highest BCUT2D eigenvalue weighted by Gasteiger charge is 2.11. The van der Waals surface area contributed by atoms with Crippen molar-refractivity contribution in [2.45, 2.75) is 0 Å². The molecular weight excluding hydrogens is 254 g/mol. The summed E-state index contributed by atoms with van der Waals surface area (Å²) in [4.78, 5) is 22.5. The molecule has 6 heteroatoms. The number of anilines is 1. The molecule has 18 heavy (non-hydrogen) atoms. The third-order valence-corrected chi connectivity index (χ3v) is 3.02. The molecule has 0 fully saturated rings. The van der Waals surface area contributed by atoms with E-state index in [4.69, 9.17) is 9.84 Å². The molecule has 0 unspecified atom stereocenters. The minimum Gasteiger partial charge on any atom is -0.478 e. The van der Waals surface area contributed by atoms with Crippen molar-refractivity contribution < 1.29 is 19.4 Å². The highest BCUT2D eigenvalue weighted by molar-refractivity contribution is 7.99. The number of carbonyl (C=O) groups excluding carboxylic acids is 1. The minimum atomic E-state index is -1.06. The second kappa shape index (κ2) is 7.73. The largest absolute Gasteiger partial charge is 0.478 e. The predicted octanol–water partition coefficient (Wildman–Crippen LogP) is 1.70. The maximum absolute atomic E-state index is 11.6. The zero-order valence-corrected chi connectivity index (χ0v) is 10.8. The molecule has 1 amide bonds. The predicted molar refractivity (Wildman–Crippen MR) is 71.2 cm³/mol. The third kappa shape index (κ3) is 4.77. The van der Waals surface area contributed by atoms with Crippen LogP contribution in [0.2, 0.25) is 0 Å². The third-order valence-electron chi connectivity index (χ3n) is 2.10. The van der Waals surface area contributed by atoms with Gasteiger partial charge in [-0.15, -0.1) is 11.8 Å². The van der Waals surface area contributed by atoms with E-state index in [1.54, 1.807) is 25.3 Å². The summed E-state index contributed by atoms with van der Waals surface area (Å²) in [5.74, 6) is -0.273. The first-order valence-corrected chi connectivity index (χ1v) is 6.49. The Bertz CT molecular complexity index is 422. The first-order valence-electron chi connectivity index (χ1n) is 5.34. The van der Waals surface area contributed by atoms with Gasteiger partial charge in [0.1, 0.15) is 0 Å². The van der Waals surface area contributed by atoms with Gasteiger partial charge in [0, 0.05) is 12.9 Å². The van der Waals surface area contributed by atoms with Crippen LogP contribution in [0.4, 0.5) is 5.69 Å². The molecule has 1 aromatic rings. The molecule has 0 aliphatic heterocycles. The number of rotatable bonds is 7. The summed E-state index contributed by atoms with van der Waals surface area (Å²) < 4.78 is 4.86. The van der Waals surface area contributed by atoms with E-state index >= 15 is 0 Å². The molecule has 0 aromatic heterocycles. The monoisotopic (exact) mass is 269 g/mol. The SMILES string of the molecule is COCCSCC(=O)Nc1ccccc1C(=O)O. The number of carboxylic acids is 1. The summed E-state index contributed by atoms with van der Waals surface area (Å²) >= 11 is 1.43. The number of carboxylic acid groups (broad SMARTS) is 1. The minimum absolute atomic E-state index is 0.0905. The lowest BCUT2D eigenvalue weighted by molar-refractivity contribution is -0.113.